The molecule has 0 atom stereocenters. The topological polar surface area (TPSA) is 70.4 Å². The lowest BCUT2D eigenvalue weighted by Gasteiger charge is -2.23. The van der Waals surface area contributed by atoms with Crippen LogP contribution in [-0.2, 0) is 40.6 Å². The SMILES string of the molecule is COC(=O)Cc1c(C)nc2c(cc(CCC=O)n2C)c1-c1cc(F)c2c(c1C)CCCO2. The Hall–Kier alpha value is -3.22. The van der Waals surface area contributed by atoms with Gasteiger partial charge in [-0.25, -0.2) is 9.37 Å². The summed E-state index contributed by atoms with van der Waals surface area (Å²) < 4.78 is 27.6. The molecule has 1 aliphatic heterocycles. The molecule has 6 nitrogen and oxygen atoms in total. The Balaban J connectivity index is 2.05. The number of pyridine rings is 1. The maximum atomic E-state index is 15.1. The van der Waals surface area contributed by atoms with Crippen LogP contribution in [0.15, 0.2) is 12.1 Å². The van der Waals surface area contributed by atoms with Crippen molar-refractivity contribution in [2.24, 2.45) is 7.05 Å². The molecule has 0 spiro atoms. The van der Waals surface area contributed by atoms with Crippen molar-refractivity contribution in [3.05, 3.63) is 46.0 Å². The normalized spacial score (nSPS) is 13.0. The van der Waals surface area contributed by atoms with Gasteiger partial charge in [0.15, 0.2) is 11.6 Å². The third kappa shape index (κ3) is 3.66. The van der Waals surface area contributed by atoms with Crippen LogP contribution < -0.4 is 4.74 Å². The number of aromatic nitrogens is 2. The van der Waals surface area contributed by atoms with Crippen LogP contribution >= 0.6 is 0 Å². The summed E-state index contributed by atoms with van der Waals surface area (Å²) >= 11 is 0. The zero-order valence-electron chi connectivity index (χ0n) is 18.9. The number of nitrogens with zero attached hydrogens (tertiary/aromatic N) is 2. The summed E-state index contributed by atoms with van der Waals surface area (Å²) in [6.45, 7) is 4.34. The number of carbonyl (C=O) groups excluding carboxylic acids is 2. The van der Waals surface area contributed by atoms with Gasteiger partial charge in [0.25, 0.3) is 0 Å². The number of hydrogen-bond acceptors (Lipinski definition) is 5. The van der Waals surface area contributed by atoms with Gasteiger partial charge in [0.1, 0.15) is 11.9 Å². The van der Waals surface area contributed by atoms with Gasteiger partial charge in [-0.15, -0.1) is 0 Å². The number of benzene rings is 1. The first-order chi connectivity index (χ1) is 15.4. The Kier molecular flexibility index (Phi) is 6.00. The summed E-state index contributed by atoms with van der Waals surface area (Å²) in [6, 6.07) is 3.50. The molecule has 0 radical (unpaired) electrons. The maximum absolute atomic E-state index is 15.1. The van der Waals surface area contributed by atoms with Crippen molar-refractivity contribution in [2.45, 2.75) is 46.0 Å². The minimum absolute atomic E-state index is 0.0355. The molecule has 168 valence electrons. The lowest BCUT2D eigenvalue weighted by molar-refractivity contribution is -0.139. The molecular formula is C25H27FN2O4. The van der Waals surface area contributed by atoms with Gasteiger partial charge in [-0.3, -0.25) is 4.79 Å². The van der Waals surface area contributed by atoms with Crippen LogP contribution in [0.5, 0.6) is 5.75 Å². The fraction of sp³-hybridized carbons (Fsp3) is 0.400. The highest BCUT2D eigenvalue weighted by molar-refractivity contribution is 5.99. The van der Waals surface area contributed by atoms with Gasteiger partial charge in [-0.1, -0.05) is 0 Å². The molecule has 1 aliphatic rings. The predicted octanol–water partition coefficient (Wildman–Crippen LogP) is 4.17. The lowest BCUT2D eigenvalue weighted by atomic mass is 9.87. The molecule has 2 aromatic heterocycles. The lowest BCUT2D eigenvalue weighted by Crippen LogP contribution is -2.13. The minimum atomic E-state index is -0.399. The van der Waals surface area contributed by atoms with Crippen molar-refractivity contribution in [1.29, 1.82) is 0 Å². The van der Waals surface area contributed by atoms with Crippen molar-refractivity contribution in [1.82, 2.24) is 9.55 Å². The zero-order chi connectivity index (χ0) is 23.0. The maximum Gasteiger partial charge on any atom is 0.310 e. The molecule has 4 rings (SSSR count). The van der Waals surface area contributed by atoms with Crippen molar-refractivity contribution in [3.63, 3.8) is 0 Å². The van der Waals surface area contributed by atoms with Crippen LogP contribution in [0.4, 0.5) is 4.39 Å². The average Bonchev–Trinajstić information content (AvgIpc) is 3.10. The van der Waals surface area contributed by atoms with E-state index in [4.69, 9.17) is 14.5 Å². The first kappa shape index (κ1) is 22.0. The van der Waals surface area contributed by atoms with Crippen LogP contribution in [0.2, 0.25) is 0 Å². The van der Waals surface area contributed by atoms with Crippen LogP contribution in [0.25, 0.3) is 22.2 Å². The fourth-order valence-electron chi connectivity index (χ4n) is 4.64. The predicted molar refractivity (Wildman–Crippen MR) is 120 cm³/mol. The number of esters is 1. The Labute approximate surface area is 186 Å². The van der Waals surface area contributed by atoms with Gasteiger partial charge >= 0.3 is 5.97 Å². The molecule has 0 saturated heterocycles. The molecule has 0 fully saturated rings. The zero-order valence-corrected chi connectivity index (χ0v) is 18.9. The number of halogens is 1. The average molecular weight is 438 g/mol. The number of aldehydes is 1. The van der Waals surface area contributed by atoms with Gasteiger partial charge in [0.05, 0.1) is 20.1 Å². The monoisotopic (exact) mass is 438 g/mol. The largest absolute Gasteiger partial charge is 0.490 e. The summed E-state index contributed by atoms with van der Waals surface area (Å²) in [6.07, 6.45) is 3.48. The highest BCUT2D eigenvalue weighted by Crippen LogP contribution is 2.42. The Morgan fingerprint density at radius 1 is 1.34 bits per heavy atom. The number of ether oxygens (including phenoxy) is 2. The molecule has 3 aromatic rings. The number of carbonyl (C=O) groups is 2. The van der Waals surface area contributed by atoms with E-state index >= 15 is 4.39 Å². The molecule has 0 amide bonds. The molecule has 0 bridgehead atoms. The minimum Gasteiger partial charge on any atom is -0.490 e. The highest BCUT2D eigenvalue weighted by Gasteiger charge is 2.26. The van der Waals surface area contributed by atoms with Crippen LogP contribution in [0, 0.1) is 19.7 Å². The third-order valence-corrected chi connectivity index (χ3v) is 6.35. The fourth-order valence-corrected chi connectivity index (χ4v) is 4.64. The van der Waals surface area contributed by atoms with Crippen molar-refractivity contribution in [2.75, 3.05) is 13.7 Å². The number of fused-ring (bicyclic) bond motifs is 2. The van der Waals surface area contributed by atoms with E-state index in [9.17, 15) is 9.59 Å². The van der Waals surface area contributed by atoms with E-state index in [0.717, 1.165) is 63.7 Å². The molecular weight excluding hydrogens is 411 g/mol. The first-order valence-electron chi connectivity index (χ1n) is 10.8. The second-order valence-electron chi connectivity index (χ2n) is 8.23. The number of aryl methyl sites for hydroxylation is 3. The molecule has 0 saturated carbocycles. The van der Waals surface area contributed by atoms with Gasteiger partial charge < -0.3 is 18.8 Å². The van der Waals surface area contributed by atoms with E-state index in [-0.39, 0.29) is 12.4 Å². The van der Waals surface area contributed by atoms with E-state index in [2.05, 4.69) is 0 Å². The molecule has 7 heteroatoms. The third-order valence-electron chi connectivity index (χ3n) is 6.35. The van der Waals surface area contributed by atoms with Crippen molar-refractivity contribution < 1.29 is 23.5 Å². The van der Waals surface area contributed by atoms with Crippen LogP contribution in [0.3, 0.4) is 0 Å². The number of rotatable bonds is 6. The van der Waals surface area contributed by atoms with E-state index in [1.165, 1.54) is 13.2 Å². The second kappa shape index (κ2) is 8.73. The van der Waals surface area contributed by atoms with Gasteiger partial charge in [-0.05, 0) is 67.5 Å². The van der Waals surface area contributed by atoms with E-state index in [0.29, 0.717) is 30.9 Å². The summed E-state index contributed by atoms with van der Waals surface area (Å²) in [7, 11) is 3.26. The Bertz CT molecular complexity index is 1230. The molecule has 0 aliphatic carbocycles. The highest BCUT2D eigenvalue weighted by atomic mass is 19.1. The van der Waals surface area contributed by atoms with Gasteiger partial charge in [0, 0.05) is 35.8 Å². The summed E-state index contributed by atoms with van der Waals surface area (Å²) in [5, 5.41) is 0.831. The Morgan fingerprint density at radius 2 is 2.12 bits per heavy atom. The van der Waals surface area contributed by atoms with E-state index in [1.54, 1.807) is 0 Å². The van der Waals surface area contributed by atoms with E-state index < -0.39 is 5.82 Å². The summed E-state index contributed by atoms with van der Waals surface area (Å²) in [5.74, 6) is -0.454. The molecule has 32 heavy (non-hydrogen) atoms. The summed E-state index contributed by atoms with van der Waals surface area (Å²) in [4.78, 5) is 28.0. The second-order valence-corrected chi connectivity index (χ2v) is 8.23. The van der Waals surface area contributed by atoms with Crippen molar-refractivity contribution in [3.8, 4) is 16.9 Å². The molecule has 3 heterocycles. The smallest absolute Gasteiger partial charge is 0.310 e. The van der Waals surface area contributed by atoms with Crippen LogP contribution in [0.1, 0.15) is 40.9 Å². The number of hydrogen-bond donors (Lipinski definition) is 0. The summed E-state index contributed by atoms with van der Waals surface area (Å²) in [5.41, 5.74) is 6.43. The molecule has 1 aromatic carbocycles. The van der Waals surface area contributed by atoms with Crippen LogP contribution in [-0.4, -0.2) is 35.5 Å². The van der Waals surface area contributed by atoms with Gasteiger partial charge in [0.2, 0.25) is 0 Å². The number of methoxy groups -OCH3 is 1. The standard InChI is InChI=1S/C25H27FN2O4/c1-14-17-8-6-10-32-24(17)21(26)12-18(14)23-19(13-22(30)31-4)15(2)27-25-20(23)11-16(28(25)3)7-5-9-29/h9,11-12H,5-8,10,13H2,1-4H3. The Morgan fingerprint density at radius 3 is 2.84 bits per heavy atom. The van der Waals surface area contributed by atoms with Crippen molar-refractivity contribution >= 4 is 23.3 Å². The van der Waals surface area contributed by atoms with Gasteiger partial charge in [-0.2, -0.15) is 0 Å². The molecule has 0 unspecified atom stereocenters. The van der Waals surface area contributed by atoms with E-state index in [1.807, 2.05) is 31.5 Å². The first-order valence-corrected chi connectivity index (χ1v) is 10.8. The quantitative estimate of drug-likeness (QED) is 0.427. The molecule has 0 N–H and O–H groups in total.